The summed E-state index contributed by atoms with van der Waals surface area (Å²) < 4.78 is 42.9. The highest BCUT2D eigenvalue weighted by atomic mass is 19.4. The van der Waals surface area contributed by atoms with Crippen molar-refractivity contribution in [2.45, 2.75) is 52.4 Å². The number of nitrogens with zero attached hydrogens (tertiary/aromatic N) is 7. The quantitative estimate of drug-likeness (QED) is 0.360. The van der Waals surface area contributed by atoms with E-state index in [1.165, 1.54) is 4.57 Å². The number of aryl methyl sites for hydroxylation is 2. The fraction of sp³-hybridized carbons (Fsp3) is 0.385. The van der Waals surface area contributed by atoms with Crippen molar-refractivity contribution < 1.29 is 13.2 Å². The molecule has 1 aliphatic heterocycles. The lowest BCUT2D eigenvalue weighted by Crippen LogP contribution is -2.37. The average Bonchev–Trinajstić information content (AvgIpc) is 3.40. The van der Waals surface area contributed by atoms with Crippen LogP contribution in [-0.4, -0.2) is 35.6 Å². The van der Waals surface area contributed by atoms with Crippen molar-refractivity contribution in [3.63, 3.8) is 0 Å². The van der Waals surface area contributed by atoms with Crippen molar-refractivity contribution in [2.75, 3.05) is 11.4 Å². The third kappa shape index (κ3) is 4.04. The highest BCUT2D eigenvalue weighted by Crippen LogP contribution is 2.39. The van der Waals surface area contributed by atoms with Crippen molar-refractivity contribution >= 4 is 5.82 Å². The van der Waals surface area contributed by atoms with Gasteiger partial charge in [0.25, 0.3) is 0 Å². The van der Waals surface area contributed by atoms with Crippen LogP contribution in [0.1, 0.15) is 55.6 Å². The van der Waals surface area contributed by atoms with Gasteiger partial charge in [-0.25, -0.2) is 15.0 Å². The van der Waals surface area contributed by atoms with Gasteiger partial charge in [-0.05, 0) is 44.0 Å². The number of aromatic nitrogens is 6. The van der Waals surface area contributed by atoms with Crippen LogP contribution in [0.2, 0.25) is 0 Å². The van der Waals surface area contributed by atoms with Gasteiger partial charge in [0.2, 0.25) is 0 Å². The Bertz CT molecular complexity index is 1400. The molecule has 0 amide bonds. The summed E-state index contributed by atoms with van der Waals surface area (Å²) in [5.41, 5.74) is 3.71. The minimum absolute atomic E-state index is 0.0153. The predicted octanol–water partition coefficient (Wildman–Crippen LogP) is 5.77. The Labute approximate surface area is 207 Å². The fourth-order valence-electron chi connectivity index (χ4n) is 4.98. The van der Waals surface area contributed by atoms with Crippen molar-refractivity contribution in [2.24, 2.45) is 7.05 Å². The normalized spacial score (nSPS) is 16.0. The van der Waals surface area contributed by atoms with Crippen LogP contribution >= 0.6 is 0 Å². The summed E-state index contributed by atoms with van der Waals surface area (Å²) in [5.74, 6) is 2.19. The highest BCUT2D eigenvalue weighted by molar-refractivity contribution is 5.68. The molecule has 10 heteroatoms. The van der Waals surface area contributed by atoms with E-state index in [1.54, 1.807) is 19.3 Å². The number of alkyl halides is 3. The minimum atomic E-state index is -4.49. The van der Waals surface area contributed by atoms with Crippen LogP contribution in [0.25, 0.3) is 22.6 Å². The molecule has 0 saturated heterocycles. The summed E-state index contributed by atoms with van der Waals surface area (Å²) in [5, 5.41) is 0. The molecule has 4 aromatic heterocycles. The lowest BCUT2D eigenvalue weighted by atomic mass is 9.97. The highest BCUT2D eigenvalue weighted by Gasteiger charge is 2.35. The molecule has 5 heterocycles. The molecule has 4 aromatic rings. The molecule has 0 fully saturated rings. The smallest absolute Gasteiger partial charge is 0.346 e. The maximum atomic E-state index is 13.1. The third-order valence-corrected chi connectivity index (χ3v) is 6.73. The largest absolute Gasteiger partial charge is 0.434 e. The predicted molar refractivity (Wildman–Crippen MR) is 131 cm³/mol. The van der Waals surface area contributed by atoms with Gasteiger partial charge in [-0.15, -0.1) is 0 Å². The third-order valence-electron chi connectivity index (χ3n) is 6.73. The first-order valence-electron chi connectivity index (χ1n) is 11.9. The Kier molecular flexibility index (Phi) is 5.84. The van der Waals surface area contributed by atoms with Crippen molar-refractivity contribution in [3.05, 3.63) is 65.8 Å². The summed E-state index contributed by atoms with van der Waals surface area (Å²) in [6.45, 7) is 9.90. The summed E-state index contributed by atoms with van der Waals surface area (Å²) >= 11 is 0. The van der Waals surface area contributed by atoms with Gasteiger partial charge >= 0.3 is 6.18 Å². The van der Waals surface area contributed by atoms with Gasteiger partial charge in [0.15, 0.2) is 5.69 Å². The summed E-state index contributed by atoms with van der Waals surface area (Å²) in [6.07, 6.45) is -0.102. The van der Waals surface area contributed by atoms with Gasteiger partial charge in [-0.1, -0.05) is 13.8 Å². The average molecular weight is 496 g/mol. The van der Waals surface area contributed by atoms with Crippen LogP contribution in [0.15, 0.2) is 42.9 Å². The number of imidazole rings is 2. The van der Waals surface area contributed by atoms with Gasteiger partial charge in [0, 0.05) is 49.9 Å². The topological polar surface area (TPSA) is 64.7 Å². The van der Waals surface area contributed by atoms with Gasteiger partial charge in [-0.2, -0.15) is 13.2 Å². The maximum Gasteiger partial charge on any atom is 0.434 e. The second-order valence-electron chi connectivity index (χ2n) is 9.47. The molecule has 0 saturated carbocycles. The van der Waals surface area contributed by atoms with Crippen molar-refractivity contribution in [3.8, 4) is 22.6 Å². The Morgan fingerprint density at radius 2 is 1.83 bits per heavy atom. The van der Waals surface area contributed by atoms with E-state index in [0.29, 0.717) is 5.56 Å². The van der Waals surface area contributed by atoms with Gasteiger partial charge in [0.1, 0.15) is 17.5 Å². The monoisotopic (exact) mass is 495 g/mol. The number of hydrogen-bond donors (Lipinski definition) is 0. The van der Waals surface area contributed by atoms with Gasteiger partial charge in [-0.3, -0.25) is 4.98 Å². The standard InChI is InChI=1S/C26H28F3N7/c1-15(2)22-19(7-6-10-30-22)23-24-16(3)35(11-12-36(24)17(4)32-23)21-9-8-18(13-31-21)25-33-20(14-34(25)5)26(27,28)29/h6-10,13-16H,11-12H2,1-5H3. The van der Waals surface area contributed by atoms with E-state index < -0.39 is 11.9 Å². The molecule has 1 aliphatic rings. The molecule has 0 spiro atoms. The van der Waals surface area contributed by atoms with Gasteiger partial charge in [0.05, 0.1) is 23.1 Å². The van der Waals surface area contributed by atoms with Crippen molar-refractivity contribution in [1.29, 1.82) is 0 Å². The molecule has 0 aliphatic carbocycles. The number of fused-ring (bicyclic) bond motifs is 1. The molecule has 7 nitrogen and oxygen atoms in total. The molecule has 0 radical (unpaired) electrons. The molecule has 36 heavy (non-hydrogen) atoms. The molecule has 5 rings (SSSR count). The van der Waals surface area contributed by atoms with E-state index in [9.17, 15) is 13.2 Å². The lowest BCUT2D eigenvalue weighted by Gasteiger charge is -2.36. The molecule has 188 valence electrons. The number of hydrogen-bond acceptors (Lipinski definition) is 5. The number of rotatable bonds is 4. The van der Waals surface area contributed by atoms with Crippen LogP contribution in [0, 0.1) is 6.92 Å². The van der Waals surface area contributed by atoms with Crippen LogP contribution in [0.4, 0.5) is 19.0 Å². The fourth-order valence-corrected chi connectivity index (χ4v) is 4.98. The zero-order chi connectivity index (χ0) is 25.8. The first kappa shape index (κ1) is 24.0. The summed E-state index contributed by atoms with van der Waals surface area (Å²) in [4.78, 5) is 20.2. The SMILES string of the molecule is Cc1nc(-c2cccnc2C(C)C)c2n1CCN(c1ccc(-c3nc(C(F)(F)F)cn3C)cn1)C2C. The molecule has 1 atom stereocenters. The summed E-state index contributed by atoms with van der Waals surface area (Å²) in [6, 6.07) is 7.61. The zero-order valence-corrected chi connectivity index (χ0v) is 20.9. The van der Waals surface area contributed by atoms with E-state index in [-0.39, 0.29) is 17.8 Å². The van der Waals surface area contributed by atoms with Crippen LogP contribution < -0.4 is 4.90 Å². The van der Waals surface area contributed by atoms with Crippen LogP contribution in [0.3, 0.4) is 0 Å². The Morgan fingerprint density at radius 1 is 1.06 bits per heavy atom. The van der Waals surface area contributed by atoms with Gasteiger partial charge < -0.3 is 14.0 Å². The molecule has 0 aromatic carbocycles. The first-order valence-corrected chi connectivity index (χ1v) is 11.9. The Hall–Kier alpha value is -3.69. The minimum Gasteiger partial charge on any atom is -0.346 e. The number of halogens is 3. The Morgan fingerprint density at radius 3 is 2.47 bits per heavy atom. The molecule has 0 N–H and O–H groups in total. The first-order chi connectivity index (χ1) is 17.1. The van der Waals surface area contributed by atoms with Crippen LogP contribution in [-0.2, 0) is 19.8 Å². The van der Waals surface area contributed by atoms with Crippen molar-refractivity contribution in [1.82, 2.24) is 29.1 Å². The van der Waals surface area contributed by atoms with E-state index >= 15 is 0 Å². The molecule has 0 bridgehead atoms. The summed E-state index contributed by atoms with van der Waals surface area (Å²) in [7, 11) is 1.55. The second kappa shape index (κ2) is 8.76. The zero-order valence-electron chi connectivity index (χ0n) is 20.9. The van der Waals surface area contributed by atoms with E-state index in [0.717, 1.165) is 53.6 Å². The maximum absolute atomic E-state index is 13.1. The molecular weight excluding hydrogens is 467 g/mol. The van der Waals surface area contributed by atoms with E-state index in [2.05, 4.69) is 51.3 Å². The lowest BCUT2D eigenvalue weighted by molar-refractivity contribution is -0.140. The van der Waals surface area contributed by atoms with Crippen LogP contribution in [0.5, 0.6) is 0 Å². The molecular formula is C26H28F3N7. The second-order valence-corrected chi connectivity index (χ2v) is 9.47. The molecule has 1 unspecified atom stereocenters. The number of anilines is 1. The number of pyridine rings is 2. The van der Waals surface area contributed by atoms with E-state index in [4.69, 9.17) is 4.98 Å². The van der Waals surface area contributed by atoms with E-state index in [1.807, 2.05) is 25.3 Å². The Balaban J connectivity index is 1.49.